The van der Waals surface area contributed by atoms with Crippen LogP contribution in [-0.4, -0.2) is 18.7 Å². The SMILES string of the molecule is CCCNC1CC(Oc2ccccc2C(C)(C)C)C1. The Kier molecular flexibility index (Phi) is 4.51. The van der Waals surface area contributed by atoms with Gasteiger partial charge in [-0.15, -0.1) is 0 Å². The van der Waals surface area contributed by atoms with Crippen LogP contribution in [0.4, 0.5) is 0 Å². The Balaban J connectivity index is 1.91. The van der Waals surface area contributed by atoms with Crippen molar-refractivity contribution in [2.75, 3.05) is 6.54 Å². The average Bonchev–Trinajstić information content (AvgIpc) is 2.31. The van der Waals surface area contributed by atoms with Crippen LogP contribution in [0.3, 0.4) is 0 Å². The van der Waals surface area contributed by atoms with E-state index in [1.54, 1.807) is 0 Å². The summed E-state index contributed by atoms with van der Waals surface area (Å²) in [5.74, 6) is 1.06. The fourth-order valence-corrected chi connectivity index (χ4v) is 2.55. The predicted octanol–water partition coefficient (Wildman–Crippen LogP) is 3.89. The summed E-state index contributed by atoms with van der Waals surface area (Å²) in [6, 6.07) is 9.11. The van der Waals surface area contributed by atoms with E-state index in [9.17, 15) is 0 Å². The Morgan fingerprint density at radius 2 is 1.89 bits per heavy atom. The number of benzene rings is 1. The molecule has 1 aromatic rings. The molecule has 19 heavy (non-hydrogen) atoms. The quantitative estimate of drug-likeness (QED) is 0.868. The van der Waals surface area contributed by atoms with Crippen molar-refractivity contribution in [3.63, 3.8) is 0 Å². The number of ether oxygens (including phenoxy) is 1. The first-order valence-electron chi connectivity index (χ1n) is 7.50. The summed E-state index contributed by atoms with van der Waals surface area (Å²) < 4.78 is 6.18. The fourth-order valence-electron chi connectivity index (χ4n) is 2.55. The molecule has 2 heteroatoms. The van der Waals surface area contributed by atoms with Crippen LogP contribution in [0.5, 0.6) is 5.75 Å². The summed E-state index contributed by atoms with van der Waals surface area (Å²) in [6.45, 7) is 10.0. The van der Waals surface area contributed by atoms with Gasteiger partial charge in [-0.25, -0.2) is 0 Å². The first kappa shape index (κ1) is 14.4. The molecule has 106 valence electrons. The lowest BCUT2D eigenvalue weighted by molar-refractivity contribution is 0.0834. The van der Waals surface area contributed by atoms with Crippen molar-refractivity contribution in [2.45, 2.75) is 64.5 Å². The zero-order valence-corrected chi connectivity index (χ0v) is 12.7. The summed E-state index contributed by atoms with van der Waals surface area (Å²) in [5.41, 5.74) is 1.44. The second-order valence-corrected chi connectivity index (χ2v) is 6.61. The molecule has 0 saturated heterocycles. The molecule has 0 unspecified atom stereocenters. The van der Waals surface area contributed by atoms with Gasteiger partial charge in [0, 0.05) is 6.04 Å². The zero-order valence-electron chi connectivity index (χ0n) is 12.7. The van der Waals surface area contributed by atoms with Gasteiger partial charge in [0.2, 0.25) is 0 Å². The predicted molar refractivity (Wildman–Crippen MR) is 80.9 cm³/mol. The van der Waals surface area contributed by atoms with Crippen LogP contribution in [0, 0.1) is 0 Å². The highest BCUT2D eigenvalue weighted by Gasteiger charge is 2.31. The first-order chi connectivity index (χ1) is 9.00. The van der Waals surface area contributed by atoms with Gasteiger partial charge in [0.1, 0.15) is 11.9 Å². The summed E-state index contributed by atoms with van der Waals surface area (Å²) in [5, 5.41) is 3.55. The van der Waals surface area contributed by atoms with Crippen molar-refractivity contribution >= 4 is 0 Å². The molecule has 0 aromatic heterocycles. The maximum atomic E-state index is 6.18. The molecular formula is C17H27NO. The highest BCUT2D eigenvalue weighted by atomic mass is 16.5. The summed E-state index contributed by atoms with van der Waals surface area (Å²) >= 11 is 0. The first-order valence-corrected chi connectivity index (χ1v) is 7.50. The topological polar surface area (TPSA) is 21.3 Å². The number of hydrogen-bond acceptors (Lipinski definition) is 2. The van der Waals surface area contributed by atoms with Crippen molar-refractivity contribution in [2.24, 2.45) is 0 Å². The highest BCUT2D eigenvalue weighted by Crippen LogP contribution is 2.34. The third-order valence-corrected chi connectivity index (χ3v) is 3.77. The van der Waals surface area contributed by atoms with E-state index in [4.69, 9.17) is 4.74 Å². The summed E-state index contributed by atoms with van der Waals surface area (Å²) in [6.07, 6.45) is 3.86. The van der Waals surface area contributed by atoms with Crippen molar-refractivity contribution in [3.8, 4) is 5.75 Å². The van der Waals surface area contributed by atoms with Gasteiger partial charge in [-0.1, -0.05) is 45.9 Å². The van der Waals surface area contributed by atoms with Gasteiger partial charge in [0.25, 0.3) is 0 Å². The summed E-state index contributed by atoms with van der Waals surface area (Å²) in [4.78, 5) is 0. The third-order valence-electron chi connectivity index (χ3n) is 3.77. The van der Waals surface area contributed by atoms with Gasteiger partial charge >= 0.3 is 0 Å². The molecule has 0 aliphatic heterocycles. The fraction of sp³-hybridized carbons (Fsp3) is 0.647. The summed E-state index contributed by atoms with van der Waals surface area (Å²) in [7, 11) is 0. The molecule has 2 nitrogen and oxygen atoms in total. The van der Waals surface area contributed by atoms with Crippen LogP contribution in [0.15, 0.2) is 24.3 Å². The van der Waals surface area contributed by atoms with Crippen LogP contribution >= 0.6 is 0 Å². The van der Waals surface area contributed by atoms with E-state index in [0.29, 0.717) is 12.1 Å². The van der Waals surface area contributed by atoms with Crippen LogP contribution in [0.1, 0.15) is 52.5 Å². The molecule has 0 radical (unpaired) electrons. The van der Waals surface area contributed by atoms with Gasteiger partial charge in [-0.05, 0) is 42.9 Å². The molecule has 1 fully saturated rings. The van der Waals surface area contributed by atoms with Crippen molar-refractivity contribution in [3.05, 3.63) is 29.8 Å². The standard InChI is InChI=1S/C17H27NO/c1-5-10-18-13-11-14(12-13)19-16-9-7-6-8-15(16)17(2,3)4/h6-9,13-14,18H,5,10-12H2,1-4H3. The molecule has 2 rings (SSSR count). The Morgan fingerprint density at radius 3 is 2.53 bits per heavy atom. The van der Waals surface area contributed by atoms with Crippen molar-refractivity contribution in [1.29, 1.82) is 0 Å². The Hall–Kier alpha value is -1.02. The van der Waals surface area contributed by atoms with Gasteiger partial charge in [-0.2, -0.15) is 0 Å². The van der Waals surface area contributed by atoms with Gasteiger partial charge < -0.3 is 10.1 Å². The molecule has 0 spiro atoms. The van der Waals surface area contributed by atoms with Crippen molar-refractivity contribution < 1.29 is 4.74 Å². The second kappa shape index (κ2) is 5.96. The molecule has 0 amide bonds. The lowest BCUT2D eigenvalue weighted by Gasteiger charge is -2.37. The number of hydrogen-bond donors (Lipinski definition) is 1. The Morgan fingerprint density at radius 1 is 1.21 bits per heavy atom. The highest BCUT2D eigenvalue weighted by molar-refractivity contribution is 5.38. The Labute approximate surface area is 117 Å². The van der Waals surface area contributed by atoms with Gasteiger partial charge in [0.05, 0.1) is 0 Å². The van der Waals surface area contributed by atoms with Crippen LogP contribution < -0.4 is 10.1 Å². The molecule has 0 atom stereocenters. The smallest absolute Gasteiger partial charge is 0.123 e. The van der Waals surface area contributed by atoms with Gasteiger partial charge in [-0.3, -0.25) is 0 Å². The van der Waals surface area contributed by atoms with Crippen molar-refractivity contribution in [1.82, 2.24) is 5.32 Å². The van der Waals surface area contributed by atoms with Crippen LogP contribution in [-0.2, 0) is 5.41 Å². The lowest BCUT2D eigenvalue weighted by atomic mass is 9.85. The molecule has 0 heterocycles. The molecular weight excluding hydrogens is 234 g/mol. The van der Waals surface area contributed by atoms with E-state index in [-0.39, 0.29) is 5.41 Å². The van der Waals surface area contributed by atoms with Gasteiger partial charge in [0.15, 0.2) is 0 Å². The minimum absolute atomic E-state index is 0.139. The monoisotopic (exact) mass is 261 g/mol. The number of rotatable bonds is 5. The maximum Gasteiger partial charge on any atom is 0.123 e. The minimum atomic E-state index is 0.139. The van der Waals surface area contributed by atoms with Crippen LogP contribution in [0.2, 0.25) is 0 Å². The van der Waals surface area contributed by atoms with E-state index in [0.717, 1.165) is 25.1 Å². The third kappa shape index (κ3) is 3.73. The van der Waals surface area contributed by atoms with E-state index in [2.05, 4.69) is 57.3 Å². The maximum absolute atomic E-state index is 6.18. The molecule has 1 N–H and O–H groups in total. The second-order valence-electron chi connectivity index (χ2n) is 6.61. The Bertz CT molecular complexity index is 402. The number of nitrogens with one attached hydrogen (secondary N) is 1. The van der Waals surface area contributed by atoms with E-state index >= 15 is 0 Å². The van der Waals surface area contributed by atoms with E-state index in [1.165, 1.54) is 12.0 Å². The normalized spacial score (nSPS) is 22.9. The number of para-hydroxylation sites is 1. The van der Waals surface area contributed by atoms with E-state index in [1.807, 2.05) is 0 Å². The minimum Gasteiger partial charge on any atom is -0.490 e. The molecule has 1 saturated carbocycles. The van der Waals surface area contributed by atoms with Crippen LogP contribution in [0.25, 0.3) is 0 Å². The van der Waals surface area contributed by atoms with E-state index < -0.39 is 0 Å². The zero-order chi connectivity index (χ0) is 13.9. The molecule has 0 bridgehead atoms. The lowest BCUT2D eigenvalue weighted by Crippen LogP contribution is -2.47. The molecule has 1 aliphatic rings. The molecule has 1 aliphatic carbocycles. The average molecular weight is 261 g/mol. The largest absolute Gasteiger partial charge is 0.490 e. The molecule has 1 aromatic carbocycles.